The zero-order valence-corrected chi connectivity index (χ0v) is 11.6. The monoisotopic (exact) mass is 298 g/mol. The molecule has 2 rings (SSSR count). The normalized spacial score (nSPS) is 17.3. The Morgan fingerprint density at radius 2 is 1.80 bits per heavy atom. The van der Waals surface area contributed by atoms with E-state index in [2.05, 4.69) is 4.18 Å². The van der Waals surface area contributed by atoms with Crippen molar-refractivity contribution in [1.29, 1.82) is 0 Å². The molecule has 1 aliphatic rings. The first-order valence-corrected chi connectivity index (χ1v) is 7.42. The number of hydrogen-bond donors (Lipinski definition) is 1. The number of para-hydroxylation sites is 1. The summed E-state index contributed by atoms with van der Waals surface area (Å²) in [4.78, 5) is 23.0. The minimum Gasteiger partial charge on any atom is -0.361 e. The molecule has 20 heavy (non-hydrogen) atoms. The van der Waals surface area contributed by atoms with Gasteiger partial charge in [-0.15, -0.1) is 0 Å². The predicted molar refractivity (Wildman–Crippen MR) is 70.0 cm³/mol. The van der Waals surface area contributed by atoms with Gasteiger partial charge in [0.1, 0.15) is 11.6 Å². The van der Waals surface area contributed by atoms with Crippen LogP contribution in [0.25, 0.3) is 0 Å². The first kappa shape index (κ1) is 14.7. The summed E-state index contributed by atoms with van der Waals surface area (Å²) >= 11 is 0. The summed E-state index contributed by atoms with van der Waals surface area (Å²) in [5.41, 5.74) is 0.953. The van der Waals surface area contributed by atoms with E-state index < -0.39 is 16.3 Å². The lowest BCUT2D eigenvalue weighted by Crippen LogP contribution is -2.22. The molecule has 1 aromatic rings. The van der Waals surface area contributed by atoms with Crippen molar-refractivity contribution in [3.63, 3.8) is 0 Å². The van der Waals surface area contributed by atoms with Gasteiger partial charge in [-0.25, -0.2) is 0 Å². The molecule has 0 bridgehead atoms. The molecule has 0 atom stereocenters. The van der Waals surface area contributed by atoms with Gasteiger partial charge in [-0.3, -0.25) is 14.1 Å². The van der Waals surface area contributed by atoms with E-state index in [1.165, 1.54) is 0 Å². The predicted octanol–water partition coefficient (Wildman–Crippen LogP) is 1.58. The second-order valence-corrected chi connectivity index (χ2v) is 5.89. The maximum Gasteiger partial charge on any atom is 0.446 e. The fourth-order valence-corrected chi connectivity index (χ4v) is 2.86. The van der Waals surface area contributed by atoms with E-state index in [-0.39, 0.29) is 36.6 Å². The van der Waals surface area contributed by atoms with Crippen LogP contribution in [0.4, 0.5) is 0 Å². The van der Waals surface area contributed by atoms with Crippen LogP contribution in [0.5, 0.6) is 5.75 Å². The minimum atomic E-state index is -4.66. The molecule has 0 unspecified atom stereocenters. The Hall–Kier alpha value is -1.73. The number of carbonyl (C=O) groups excluding carboxylic acids is 2. The van der Waals surface area contributed by atoms with Crippen LogP contribution >= 0.6 is 0 Å². The summed E-state index contributed by atoms with van der Waals surface area (Å²) < 4.78 is 35.3. The SMILES string of the molecule is Cc1cccc(C2CC(=O)CC(=O)C2)c1OS(=O)(=O)O. The molecule has 1 saturated carbocycles. The van der Waals surface area contributed by atoms with Gasteiger partial charge in [0.15, 0.2) is 5.75 Å². The van der Waals surface area contributed by atoms with Gasteiger partial charge < -0.3 is 4.18 Å². The molecule has 0 radical (unpaired) electrons. The fourth-order valence-electron chi connectivity index (χ4n) is 2.42. The molecule has 6 nitrogen and oxygen atoms in total. The number of rotatable bonds is 3. The average Bonchev–Trinajstić information content (AvgIpc) is 2.28. The van der Waals surface area contributed by atoms with Crippen LogP contribution in [0.3, 0.4) is 0 Å². The lowest BCUT2D eigenvalue weighted by Gasteiger charge is -2.23. The summed E-state index contributed by atoms with van der Waals surface area (Å²) in [6.07, 6.45) is 0.255. The Morgan fingerprint density at radius 3 is 2.35 bits per heavy atom. The number of hydrogen-bond acceptors (Lipinski definition) is 5. The standard InChI is InChI=1S/C13H14O6S/c1-8-3-2-4-12(13(8)19-20(16,17)18)9-5-10(14)7-11(15)6-9/h2-4,9H,5-7H2,1H3,(H,16,17,18). The highest BCUT2D eigenvalue weighted by Gasteiger charge is 2.29. The van der Waals surface area contributed by atoms with Gasteiger partial charge in [0.25, 0.3) is 0 Å². The van der Waals surface area contributed by atoms with Crippen molar-refractivity contribution in [2.24, 2.45) is 0 Å². The van der Waals surface area contributed by atoms with Crippen molar-refractivity contribution in [3.8, 4) is 5.75 Å². The lowest BCUT2D eigenvalue weighted by molar-refractivity contribution is -0.130. The highest BCUT2D eigenvalue weighted by atomic mass is 32.3. The topological polar surface area (TPSA) is 97.7 Å². The number of Topliss-reactive ketones (excluding diaryl/α,β-unsaturated/α-hetero) is 2. The highest BCUT2D eigenvalue weighted by molar-refractivity contribution is 7.81. The first-order valence-electron chi connectivity index (χ1n) is 6.06. The van der Waals surface area contributed by atoms with Crippen LogP contribution in [0.15, 0.2) is 18.2 Å². The van der Waals surface area contributed by atoms with E-state index in [1.807, 2.05) is 0 Å². The number of benzene rings is 1. The van der Waals surface area contributed by atoms with Gasteiger partial charge in [-0.05, 0) is 12.5 Å². The zero-order chi connectivity index (χ0) is 14.9. The minimum absolute atomic E-state index is 0.0116. The molecule has 0 heterocycles. The Morgan fingerprint density at radius 1 is 1.20 bits per heavy atom. The van der Waals surface area contributed by atoms with Crippen LogP contribution in [-0.4, -0.2) is 24.5 Å². The van der Waals surface area contributed by atoms with Crippen molar-refractivity contribution >= 4 is 22.0 Å². The van der Waals surface area contributed by atoms with Crippen molar-refractivity contribution < 1.29 is 26.7 Å². The Balaban J connectivity index is 2.43. The third-order valence-electron chi connectivity index (χ3n) is 3.21. The number of carbonyl (C=O) groups is 2. The van der Waals surface area contributed by atoms with Gasteiger partial charge in [-0.1, -0.05) is 18.2 Å². The summed E-state index contributed by atoms with van der Waals surface area (Å²) in [6, 6.07) is 4.91. The van der Waals surface area contributed by atoms with Crippen LogP contribution in [0.2, 0.25) is 0 Å². The number of aryl methyl sites for hydroxylation is 1. The molecule has 7 heteroatoms. The van der Waals surface area contributed by atoms with Crippen molar-refractivity contribution in [3.05, 3.63) is 29.3 Å². The van der Waals surface area contributed by atoms with Crippen LogP contribution in [0, 0.1) is 6.92 Å². The third-order valence-corrected chi connectivity index (χ3v) is 3.59. The molecule has 0 amide bonds. The average molecular weight is 298 g/mol. The van der Waals surface area contributed by atoms with Gasteiger partial charge in [-0.2, -0.15) is 8.42 Å². The molecule has 108 valence electrons. The summed E-state index contributed by atoms with van der Waals surface area (Å²) in [7, 11) is -4.66. The van der Waals surface area contributed by atoms with E-state index in [1.54, 1.807) is 25.1 Å². The van der Waals surface area contributed by atoms with Crippen LogP contribution in [-0.2, 0) is 20.0 Å². The van der Waals surface area contributed by atoms with E-state index >= 15 is 0 Å². The molecule has 1 N–H and O–H groups in total. The Bertz CT molecular complexity index is 645. The van der Waals surface area contributed by atoms with E-state index in [4.69, 9.17) is 4.55 Å². The summed E-state index contributed by atoms with van der Waals surface area (Å²) in [5, 5.41) is 0. The van der Waals surface area contributed by atoms with E-state index in [0.29, 0.717) is 11.1 Å². The van der Waals surface area contributed by atoms with E-state index in [9.17, 15) is 18.0 Å². The van der Waals surface area contributed by atoms with Gasteiger partial charge in [0.05, 0.1) is 6.42 Å². The summed E-state index contributed by atoms with van der Waals surface area (Å²) in [6.45, 7) is 1.62. The largest absolute Gasteiger partial charge is 0.446 e. The Kier molecular flexibility index (Phi) is 3.92. The molecule has 0 aliphatic heterocycles. The van der Waals surface area contributed by atoms with Crippen LogP contribution < -0.4 is 4.18 Å². The van der Waals surface area contributed by atoms with Crippen LogP contribution in [0.1, 0.15) is 36.3 Å². The lowest BCUT2D eigenvalue weighted by atomic mass is 9.82. The molecule has 0 spiro atoms. The van der Waals surface area contributed by atoms with Crippen molar-refractivity contribution in [1.82, 2.24) is 0 Å². The second kappa shape index (κ2) is 5.34. The maximum absolute atomic E-state index is 11.5. The van der Waals surface area contributed by atoms with E-state index in [0.717, 1.165) is 0 Å². The molecule has 0 aromatic heterocycles. The summed E-state index contributed by atoms with van der Waals surface area (Å²) in [5.74, 6) is -0.779. The van der Waals surface area contributed by atoms with Gasteiger partial charge in [0, 0.05) is 24.3 Å². The third kappa shape index (κ3) is 3.43. The fraction of sp³-hybridized carbons (Fsp3) is 0.385. The molecular weight excluding hydrogens is 284 g/mol. The maximum atomic E-state index is 11.5. The highest BCUT2D eigenvalue weighted by Crippen LogP contribution is 2.37. The molecular formula is C13H14O6S. The molecule has 1 aromatic carbocycles. The molecule has 1 fully saturated rings. The smallest absolute Gasteiger partial charge is 0.361 e. The van der Waals surface area contributed by atoms with Gasteiger partial charge >= 0.3 is 10.4 Å². The van der Waals surface area contributed by atoms with Crippen molar-refractivity contribution in [2.45, 2.75) is 32.1 Å². The molecule has 0 saturated heterocycles. The quantitative estimate of drug-likeness (QED) is 0.672. The van der Waals surface area contributed by atoms with Crippen molar-refractivity contribution in [2.75, 3.05) is 0 Å². The first-order chi connectivity index (χ1) is 9.26. The second-order valence-electron chi connectivity index (χ2n) is 4.86. The Labute approximate surface area is 116 Å². The van der Waals surface area contributed by atoms with Gasteiger partial charge in [0.2, 0.25) is 0 Å². The zero-order valence-electron chi connectivity index (χ0n) is 10.8. The number of ketones is 2. The molecule has 1 aliphatic carbocycles.